The number of furan rings is 1. The van der Waals surface area contributed by atoms with Gasteiger partial charge in [-0.05, 0) is 43.9 Å². The highest BCUT2D eigenvalue weighted by Gasteiger charge is 2.22. The second-order valence-corrected chi connectivity index (χ2v) is 5.59. The number of amides is 2. The molecule has 2 atom stereocenters. The molecule has 5 nitrogen and oxygen atoms in total. The fourth-order valence-electron chi connectivity index (χ4n) is 1.59. The van der Waals surface area contributed by atoms with Gasteiger partial charge in [0.25, 0.3) is 5.91 Å². The molecule has 0 fully saturated rings. The number of thioether (sulfide) groups is 1. The van der Waals surface area contributed by atoms with Crippen molar-refractivity contribution in [2.24, 2.45) is 0 Å². The van der Waals surface area contributed by atoms with Gasteiger partial charge in [-0.2, -0.15) is 11.8 Å². The van der Waals surface area contributed by atoms with Gasteiger partial charge in [0, 0.05) is 6.04 Å². The molecule has 112 valence electrons. The number of carbonyl (C=O) groups is 2. The van der Waals surface area contributed by atoms with E-state index in [1.807, 2.05) is 20.1 Å². The van der Waals surface area contributed by atoms with Gasteiger partial charge in [0.05, 0.1) is 6.26 Å². The zero-order chi connectivity index (χ0) is 15.0. The highest BCUT2D eigenvalue weighted by atomic mass is 32.2. The van der Waals surface area contributed by atoms with Crippen LogP contribution in [0.1, 0.15) is 37.2 Å². The van der Waals surface area contributed by atoms with Crippen LogP contribution >= 0.6 is 11.8 Å². The molecule has 0 saturated carbocycles. The molecule has 0 aliphatic heterocycles. The Hall–Kier alpha value is -1.43. The van der Waals surface area contributed by atoms with Crippen LogP contribution in [0, 0.1) is 0 Å². The van der Waals surface area contributed by atoms with E-state index in [4.69, 9.17) is 4.42 Å². The van der Waals surface area contributed by atoms with E-state index < -0.39 is 6.04 Å². The maximum Gasteiger partial charge on any atom is 0.287 e. The maximum absolute atomic E-state index is 12.2. The Kier molecular flexibility index (Phi) is 7.22. The molecule has 0 bridgehead atoms. The SMILES string of the molecule is CC[C@H](C)NC(=O)[C@H](CCSC)NC(=O)c1ccco1. The molecular weight excluding hydrogens is 276 g/mol. The molecule has 0 saturated heterocycles. The minimum atomic E-state index is -0.533. The van der Waals surface area contributed by atoms with Gasteiger partial charge in [-0.1, -0.05) is 6.92 Å². The van der Waals surface area contributed by atoms with E-state index in [2.05, 4.69) is 10.6 Å². The number of nitrogens with one attached hydrogen (secondary N) is 2. The Morgan fingerprint density at radius 1 is 1.40 bits per heavy atom. The standard InChI is InChI=1S/C14H22N2O3S/c1-4-10(2)15-13(17)11(7-9-20-3)16-14(18)12-6-5-8-19-12/h5-6,8,10-11H,4,7,9H2,1-3H3,(H,15,17)(H,16,18)/t10-,11-/m0/s1. The van der Waals surface area contributed by atoms with Crippen LogP contribution in [0.4, 0.5) is 0 Å². The van der Waals surface area contributed by atoms with E-state index in [9.17, 15) is 9.59 Å². The summed E-state index contributed by atoms with van der Waals surface area (Å²) in [5.74, 6) is 0.515. The van der Waals surface area contributed by atoms with Gasteiger partial charge in [0.1, 0.15) is 6.04 Å². The molecule has 1 rings (SSSR count). The maximum atomic E-state index is 12.2. The van der Waals surface area contributed by atoms with E-state index >= 15 is 0 Å². The zero-order valence-corrected chi connectivity index (χ0v) is 13.0. The van der Waals surface area contributed by atoms with Crippen LogP contribution in [0.25, 0.3) is 0 Å². The van der Waals surface area contributed by atoms with Gasteiger partial charge in [0.15, 0.2) is 5.76 Å². The topological polar surface area (TPSA) is 71.3 Å². The quantitative estimate of drug-likeness (QED) is 0.770. The first-order chi connectivity index (χ1) is 9.58. The third kappa shape index (κ3) is 5.28. The Labute approximate surface area is 123 Å². The van der Waals surface area contributed by atoms with Crippen LogP contribution in [0.3, 0.4) is 0 Å². The number of hydrogen-bond acceptors (Lipinski definition) is 4. The summed E-state index contributed by atoms with van der Waals surface area (Å²) in [6.45, 7) is 3.95. The summed E-state index contributed by atoms with van der Waals surface area (Å²) in [5, 5.41) is 5.62. The molecule has 1 aromatic rings. The first kappa shape index (κ1) is 16.6. The summed E-state index contributed by atoms with van der Waals surface area (Å²) in [5.41, 5.74) is 0. The van der Waals surface area contributed by atoms with Crippen LogP contribution in [-0.2, 0) is 4.79 Å². The Bertz CT molecular complexity index is 420. The van der Waals surface area contributed by atoms with Crippen LogP contribution < -0.4 is 10.6 Å². The van der Waals surface area contributed by atoms with Gasteiger partial charge in [-0.25, -0.2) is 0 Å². The summed E-state index contributed by atoms with van der Waals surface area (Å²) in [6, 6.07) is 2.78. The van der Waals surface area contributed by atoms with Crippen LogP contribution in [0.2, 0.25) is 0 Å². The summed E-state index contributed by atoms with van der Waals surface area (Å²) in [7, 11) is 0. The van der Waals surface area contributed by atoms with Crippen molar-refractivity contribution in [3.63, 3.8) is 0 Å². The predicted molar refractivity (Wildman–Crippen MR) is 80.9 cm³/mol. The van der Waals surface area contributed by atoms with E-state index in [0.717, 1.165) is 12.2 Å². The fraction of sp³-hybridized carbons (Fsp3) is 0.571. The third-order valence-corrected chi connectivity index (χ3v) is 3.62. The average Bonchev–Trinajstić information content (AvgIpc) is 2.97. The normalized spacial score (nSPS) is 13.6. The van der Waals surface area contributed by atoms with E-state index in [0.29, 0.717) is 6.42 Å². The number of hydrogen-bond donors (Lipinski definition) is 2. The number of rotatable bonds is 8. The van der Waals surface area contributed by atoms with Crippen molar-refractivity contribution in [2.75, 3.05) is 12.0 Å². The summed E-state index contributed by atoms with van der Waals surface area (Å²) >= 11 is 1.64. The van der Waals surface area contributed by atoms with Crippen molar-refractivity contribution in [3.05, 3.63) is 24.2 Å². The third-order valence-electron chi connectivity index (χ3n) is 2.98. The smallest absolute Gasteiger partial charge is 0.287 e. The van der Waals surface area contributed by atoms with E-state index in [-0.39, 0.29) is 23.6 Å². The minimum Gasteiger partial charge on any atom is -0.459 e. The molecule has 0 aromatic carbocycles. The summed E-state index contributed by atoms with van der Waals surface area (Å²) in [6.07, 6.45) is 4.85. The van der Waals surface area contributed by atoms with Gasteiger partial charge in [-0.15, -0.1) is 0 Å². The molecule has 2 amide bonds. The lowest BCUT2D eigenvalue weighted by Gasteiger charge is -2.20. The van der Waals surface area contributed by atoms with Gasteiger partial charge >= 0.3 is 0 Å². The van der Waals surface area contributed by atoms with Crippen molar-refractivity contribution < 1.29 is 14.0 Å². The van der Waals surface area contributed by atoms with E-state index in [1.165, 1.54) is 6.26 Å². The van der Waals surface area contributed by atoms with Gasteiger partial charge < -0.3 is 15.1 Å². The fourth-order valence-corrected chi connectivity index (χ4v) is 2.06. The highest BCUT2D eigenvalue weighted by Crippen LogP contribution is 2.05. The second-order valence-electron chi connectivity index (χ2n) is 4.60. The summed E-state index contributed by atoms with van der Waals surface area (Å²) in [4.78, 5) is 24.1. The van der Waals surface area contributed by atoms with E-state index in [1.54, 1.807) is 23.9 Å². The van der Waals surface area contributed by atoms with Crippen molar-refractivity contribution in [3.8, 4) is 0 Å². The van der Waals surface area contributed by atoms with Gasteiger partial charge in [0.2, 0.25) is 5.91 Å². The Morgan fingerprint density at radius 2 is 2.15 bits per heavy atom. The molecule has 0 radical (unpaired) electrons. The molecule has 20 heavy (non-hydrogen) atoms. The van der Waals surface area contributed by atoms with Crippen LogP contribution in [0.15, 0.2) is 22.8 Å². The van der Waals surface area contributed by atoms with Crippen molar-refractivity contribution in [1.29, 1.82) is 0 Å². The predicted octanol–water partition coefficient (Wildman–Crippen LogP) is 2.05. The summed E-state index contributed by atoms with van der Waals surface area (Å²) < 4.78 is 5.03. The lowest BCUT2D eigenvalue weighted by molar-refractivity contribution is -0.123. The molecule has 1 aromatic heterocycles. The second kappa shape index (κ2) is 8.68. The molecule has 0 aliphatic carbocycles. The monoisotopic (exact) mass is 298 g/mol. The first-order valence-corrected chi connectivity index (χ1v) is 8.11. The molecule has 2 N–H and O–H groups in total. The molecule has 1 heterocycles. The molecule has 0 aliphatic rings. The largest absolute Gasteiger partial charge is 0.459 e. The molecule has 6 heteroatoms. The zero-order valence-electron chi connectivity index (χ0n) is 12.1. The van der Waals surface area contributed by atoms with Gasteiger partial charge in [-0.3, -0.25) is 9.59 Å². The highest BCUT2D eigenvalue weighted by molar-refractivity contribution is 7.98. The van der Waals surface area contributed by atoms with Crippen molar-refractivity contribution in [2.45, 2.75) is 38.8 Å². The van der Waals surface area contributed by atoms with Crippen molar-refractivity contribution in [1.82, 2.24) is 10.6 Å². The number of carbonyl (C=O) groups excluding carboxylic acids is 2. The van der Waals surface area contributed by atoms with Crippen LogP contribution in [-0.4, -0.2) is 35.9 Å². The first-order valence-electron chi connectivity index (χ1n) is 6.72. The minimum absolute atomic E-state index is 0.0970. The molecule has 0 unspecified atom stereocenters. The Balaban J connectivity index is 2.63. The Morgan fingerprint density at radius 3 is 2.70 bits per heavy atom. The van der Waals surface area contributed by atoms with Crippen molar-refractivity contribution >= 4 is 23.6 Å². The average molecular weight is 298 g/mol. The molecule has 0 spiro atoms. The lowest BCUT2D eigenvalue weighted by atomic mass is 10.1. The molecular formula is C14H22N2O3S. The van der Waals surface area contributed by atoms with Crippen LogP contribution in [0.5, 0.6) is 0 Å². The lowest BCUT2D eigenvalue weighted by Crippen LogP contribution is -2.49.